The monoisotopic (exact) mass is 376 g/mol. The number of hydrogen-bond donors (Lipinski definition) is 0. The van der Waals surface area contributed by atoms with Crippen molar-refractivity contribution in [3.63, 3.8) is 0 Å². The van der Waals surface area contributed by atoms with Crippen molar-refractivity contribution in [1.82, 2.24) is 0 Å². The van der Waals surface area contributed by atoms with Crippen LogP contribution in [0.5, 0.6) is 0 Å². The van der Waals surface area contributed by atoms with Crippen molar-refractivity contribution in [3.8, 4) is 0 Å². The van der Waals surface area contributed by atoms with E-state index in [2.05, 4.69) is 0 Å². The van der Waals surface area contributed by atoms with Gasteiger partial charge in [0.2, 0.25) is 0 Å². The molecule has 0 spiro atoms. The summed E-state index contributed by atoms with van der Waals surface area (Å²) < 4.78 is 11.3. The third kappa shape index (κ3) is 7.00. The first-order chi connectivity index (χ1) is 12.3. The van der Waals surface area contributed by atoms with Crippen LogP contribution >= 0.6 is 0 Å². The molecule has 0 aliphatic rings. The molecular weight excluding hydrogens is 340 g/mol. The van der Waals surface area contributed by atoms with Crippen molar-refractivity contribution in [2.24, 2.45) is 16.7 Å². The van der Waals surface area contributed by atoms with Gasteiger partial charge in [0.25, 0.3) is 0 Å². The second kappa shape index (κ2) is 8.90. The molecule has 0 N–H and O–H groups in total. The first-order valence-corrected chi connectivity index (χ1v) is 9.68. The maximum absolute atomic E-state index is 13.3. The van der Waals surface area contributed by atoms with E-state index in [1.807, 2.05) is 73.6 Å². The molecule has 0 aromatic heterocycles. The Morgan fingerprint density at radius 3 is 1.56 bits per heavy atom. The maximum Gasteiger partial charge on any atom is 0.328 e. The molecule has 0 unspecified atom stereocenters. The number of esters is 2. The summed E-state index contributed by atoms with van der Waals surface area (Å²) in [4.78, 5) is 26.6. The number of ether oxygens (including phenoxy) is 2. The Hall–Kier alpha value is -1.84. The average molecular weight is 377 g/mol. The van der Waals surface area contributed by atoms with Gasteiger partial charge in [0.15, 0.2) is 5.41 Å². The zero-order valence-corrected chi connectivity index (χ0v) is 18.2. The van der Waals surface area contributed by atoms with Gasteiger partial charge in [0.1, 0.15) is 0 Å². The lowest BCUT2D eigenvalue weighted by Crippen LogP contribution is -2.48. The van der Waals surface area contributed by atoms with Crippen LogP contribution in [0, 0.1) is 16.7 Å². The Balaban J connectivity index is 3.36. The molecule has 0 aliphatic carbocycles. The number of rotatable bonds is 7. The van der Waals surface area contributed by atoms with Gasteiger partial charge in [-0.25, -0.2) is 0 Å². The fourth-order valence-corrected chi connectivity index (χ4v) is 2.75. The Labute approximate surface area is 164 Å². The summed E-state index contributed by atoms with van der Waals surface area (Å²) in [5.41, 5.74) is -1.21. The van der Waals surface area contributed by atoms with E-state index in [4.69, 9.17) is 9.47 Å². The van der Waals surface area contributed by atoms with E-state index in [1.54, 1.807) is 12.1 Å². The quantitative estimate of drug-likeness (QED) is 0.488. The Kier molecular flexibility index (Phi) is 7.65. The minimum absolute atomic E-state index is 0.106. The van der Waals surface area contributed by atoms with Gasteiger partial charge in [0.05, 0.1) is 13.2 Å². The Bertz CT molecular complexity index is 588. The lowest BCUT2D eigenvalue weighted by Gasteiger charge is -2.33. The first kappa shape index (κ1) is 23.2. The van der Waals surface area contributed by atoms with Gasteiger partial charge in [0, 0.05) is 0 Å². The summed E-state index contributed by atoms with van der Waals surface area (Å²) in [5.74, 6) is -0.956. The van der Waals surface area contributed by atoms with Crippen molar-refractivity contribution in [2.45, 2.75) is 67.2 Å². The van der Waals surface area contributed by atoms with Gasteiger partial charge in [-0.05, 0) is 28.7 Å². The number of benzene rings is 1. The zero-order valence-electron chi connectivity index (χ0n) is 18.2. The standard InChI is InChI=1S/C23H36O4/c1-17(2)14-23(18-12-10-9-11-13-18,19(24)26-15-21(3,4)5)20(25)27-16-22(6,7)8/h9-13,17H,14-16H2,1-8H3. The molecule has 4 heteroatoms. The minimum atomic E-state index is -1.45. The Morgan fingerprint density at radius 2 is 1.22 bits per heavy atom. The second-order valence-corrected chi connectivity index (χ2v) is 10.1. The van der Waals surface area contributed by atoms with Gasteiger partial charge in [-0.1, -0.05) is 85.7 Å². The summed E-state index contributed by atoms with van der Waals surface area (Å²) >= 11 is 0. The zero-order chi connectivity index (χ0) is 20.9. The van der Waals surface area contributed by atoms with Gasteiger partial charge in [-0.2, -0.15) is 0 Å². The summed E-state index contributed by atoms with van der Waals surface area (Å²) in [6.45, 7) is 16.4. The molecule has 0 heterocycles. The topological polar surface area (TPSA) is 52.6 Å². The van der Waals surface area contributed by atoms with Gasteiger partial charge >= 0.3 is 11.9 Å². The van der Waals surface area contributed by atoms with Crippen LogP contribution < -0.4 is 0 Å². The summed E-state index contributed by atoms with van der Waals surface area (Å²) in [7, 11) is 0. The van der Waals surface area contributed by atoms with E-state index in [1.165, 1.54) is 0 Å². The van der Waals surface area contributed by atoms with Crippen LogP contribution in [0.1, 0.15) is 67.4 Å². The van der Waals surface area contributed by atoms with Crippen molar-refractivity contribution in [3.05, 3.63) is 35.9 Å². The smallest absolute Gasteiger partial charge is 0.328 e. The molecule has 152 valence electrons. The first-order valence-electron chi connectivity index (χ1n) is 9.68. The SMILES string of the molecule is CC(C)CC(C(=O)OCC(C)(C)C)(C(=O)OCC(C)(C)C)c1ccccc1. The van der Waals surface area contributed by atoms with E-state index < -0.39 is 17.4 Å². The summed E-state index contributed by atoms with van der Waals surface area (Å²) in [6, 6.07) is 9.14. The third-order valence-electron chi connectivity index (χ3n) is 3.95. The van der Waals surface area contributed by atoms with Crippen LogP contribution in [0.15, 0.2) is 30.3 Å². The van der Waals surface area contributed by atoms with Crippen LogP contribution in [-0.4, -0.2) is 25.2 Å². The molecule has 0 atom stereocenters. The molecular formula is C23H36O4. The van der Waals surface area contributed by atoms with Crippen LogP contribution in [0.4, 0.5) is 0 Å². The van der Waals surface area contributed by atoms with Crippen molar-refractivity contribution in [1.29, 1.82) is 0 Å². The van der Waals surface area contributed by atoms with E-state index >= 15 is 0 Å². The van der Waals surface area contributed by atoms with Crippen molar-refractivity contribution in [2.75, 3.05) is 13.2 Å². The van der Waals surface area contributed by atoms with Crippen LogP contribution in [0.2, 0.25) is 0 Å². The Morgan fingerprint density at radius 1 is 0.815 bits per heavy atom. The lowest BCUT2D eigenvalue weighted by molar-refractivity contribution is -0.169. The van der Waals surface area contributed by atoms with Crippen LogP contribution in [0.25, 0.3) is 0 Å². The fourth-order valence-electron chi connectivity index (χ4n) is 2.75. The molecule has 0 aliphatic heterocycles. The van der Waals surface area contributed by atoms with E-state index in [-0.39, 0.29) is 30.0 Å². The van der Waals surface area contributed by atoms with Gasteiger partial charge < -0.3 is 9.47 Å². The van der Waals surface area contributed by atoms with Crippen molar-refractivity contribution < 1.29 is 19.1 Å². The average Bonchev–Trinajstić information content (AvgIpc) is 2.54. The van der Waals surface area contributed by atoms with Gasteiger partial charge in [-0.15, -0.1) is 0 Å². The lowest BCUT2D eigenvalue weighted by atomic mass is 9.74. The molecule has 1 aromatic carbocycles. The molecule has 0 saturated carbocycles. The molecule has 1 aromatic rings. The molecule has 4 nitrogen and oxygen atoms in total. The van der Waals surface area contributed by atoms with Crippen molar-refractivity contribution >= 4 is 11.9 Å². The molecule has 27 heavy (non-hydrogen) atoms. The number of carbonyl (C=O) groups excluding carboxylic acids is 2. The number of hydrogen-bond acceptors (Lipinski definition) is 4. The molecule has 1 rings (SSSR count). The predicted octanol–water partition coefficient (Wildman–Crippen LogP) is 5.15. The molecule has 0 bridgehead atoms. The highest BCUT2D eigenvalue weighted by molar-refractivity contribution is 6.06. The highest BCUT2D eigenvalue weighted by Crippen LogP contribution is 2.36. The summed E-state index contributed by atoms with van der Waals surface area (Å²) in [6.07, 6.45) is 0.336. The predicted molar refractivity (Wildman–Crippen MR) is 108 cm³/mol. The normalized spacial score (nSPS) is 12.8. The summed E-state index contributed by atoms with van der Waals surface area (Å²) in [5, 5.41) is 0. The third-order valence-corrected chi connectivity index (χ3v) is 3.95. The van der Waals surface area contributed by atoms with Crippen LogP contribution in [0.3, 0.4) is 0 Å². The fraction of sp³-hybridized carbons (Fsp3) is 0.652. The number of carbonyl (C=O) groups is 2. The molecule has 0 saturated heterocycles. The largest absolute Gasteiger partial charge is 0.464 e. The second-order valence-electron chi connectivity index (χ2n) is 10.1. The van der Waals surface area contributed by atoms with E-state index in [0.717, 1.165) is 0 Å². The molecule has 0 amide bonds. The van der Waals surface area contributed by atoms with Gasteiger partial charge in [-0.3, -0.25) is 9.59 Å². The van der Waals surface area contributed by atoms with Crippen LogP contribution in [-0.2, 0) is 24.5 Å². The molecule has 0 fully saturated rings. The highest BCUT2D eigenvalue weighted by Gasteiger charge is 2.51. The molecule has 0 radical (unpaired) electrons. The maximum atomic E-state index is 13.3. The highest BCUT2D eigenvalue weighted by atomic mass is 16.6. The van der Waals surface area contributed by atoms with E-state index in [0.29, 0.717) is 12.0 Å². The minimum Gasteiger partial charge on any atom is -0.464 e. The van der Waals surface area contributed by atoms with E-state index in [9.17, 15) is 9.59 Å².